The zero-order valence-corrected chi connectivity index (χ0v) is 12.6. The minimum atomic E-state index is -3.69. The van der Waals surface area contributed by atoms with E-state index in [-0.39, 0.29) is 11.4 Å². The van der Waals surface area contributed by atoms with Crippen LogP contribution in [-0.2, 0) is 10.0 Å². The molecule has 0 amide bonds. The molecule has 1 aromatic carbocycles. The van der Waals surface area contributed by atoms with Crippen molar-refractivity contribution in [3.05, 3.63) is 29.8 Å². The minimum absolute atomic E-state index is 0.0668. The van der Waals surface area contributed by atoms with Gasteiger partial charge in [0.2, 0.25) is 10.0 Å². The molecule has 0 heterocycles. The van der Waals surface area contributed by atoms with Gasteiger partial charge >= 0.3 is 0 Å². The minimum Gasteiger partial charge on any atom is -0.387 e. The number of nitriles is 1. The van der Waals surface area contributed by atoms with E-state index in [2.05, 4.69) is 4.72 Å². The molecule has 0 saturated carbocycles. The van der Waals surface area contributed by atoms with Crippen molar-refractivity contribution in [2.45, 2.75) is 17.4 Å². The summed E-state index contributed by atoms with van der Waals surface area (Å²) in [7, 11) is -0.102. The number of benzene rings is 1. The number of sulfonamides is 1. The SMILES string of the molecule is CN(C)CC(C)(O)CNS(=O)(=O)c1ccc(C#N)cc1. The third kappa shape index (κ3) is 4.90. The molecule has 2 N–H and O–H groups in total. The smallest absolute Gasteiger partial charge is 0.240 e. The summed E-state index contributed by atoms with van der Waals surface area (Å²) in [5.41, 5.74) is -0.771. The summed E-state index contributed by atoms with van der Waals surface area (Å²) < 4.78 is 26.5. The molecule has 1 atom stereocenters. The van der Waals surface area contributed by atoms with Gasteiger partial charge in [0.05, 0.1) is 22.1 Å². The molecule has 7 heteroatoms. The molecule has 0 aliphatic heterocycles. The molecule has 0 radical (unpaired) electrons. The average molecular weight is 297 g/mol. The monoisotopic (exact) mass is 297 g/mol. The maximum atomic E-state index is 12.0. The largest absolute Gasteiger partial charge is 0.387 e. The van der Waals surface area contributed by atoms with Gasteiger partial charge in [-0.25, -0.2) is 13.1 Å². The van der Waals surface area contributed by atoms with Crippen molar-refractivity contribution in [1.82, 2.24) is 9.62 Å². The summed E-state index contributed by atoms with van der Waals surface area (Å²) in [6, 6.07) is 7.52. The highest BCUT2D eigenvalue weighted by molar-refractivity contribution is 7.89. The Morgan fingerprint density at radius 1 is 1.35 bits per heavy atom. The Bertz CT molecular complexity index is 586. The fourth-order valence-corrected chi connectivity index (χ4v) is 2.94. The Hall–Kier alpha value is -1.46. The molecule has 0 aliphatic rings. The molecule has 0 aromatic heterocycles. The Kier molecular flexibility index (Phi) is 5.25. The number of hydrogen-bond donors (Lipinski definition) is 2. The topological polar surface area (TPSA) is 93.4 Å². The van der Waals surface area contributed by atoms with Crippen molar-refractivity contribution in [2.75, 3.05) is 27.2 Å². The van der Waals surface area contributed by atoms with E-state index in [0.29, 0.717) is 12.1 Å². The first kappa shape index (κ1) is 16.6. The number of hydrogen-bond acceptors (Lipinski definition) is 5. The second-order valence-corrected chi connectivity index (χ2v) is 6.96. The highest BCUT2D eigenvalue weighted by atomic mass is 32.2. The normalized spacial score (nSPS) is 14.8. The number of nitrogens with zero attached hydrogens (tertiary/aromatic N) is 2. The zero-order chi connectivity index (χ0) is 15.4. The van der Waals surface area contributed by atoms with E-state index in [4.69, 9.17) is 5.26 Å². The van der Waals surface area contributed by atoms with Crippen LogP contribution in [0.1, 0.15) is 12.5 Å². The van der Waals surface area contributed by atoms with Crippen LogP contribution in [0.5, 0.6) is 0 Å². The summed E-state index contributed by atoms with van der Waals surface area (Å²) in [4.78, 5) is 1.84. The van der Waals surface area contributed by atoms with Gasteiger partial charge in [-0.05, 0) is 45.3 Å². The van der Waals surface area contributed by atoms with E-state index in [1.165, 1.54) is 24.3 Å². The van der Waals surface area contributed by atoms with Crippen molar-refractivity contribution < 1.29 is 13.5 Å². The van der Waals surface area contributed by atoms with E-state index in [1.807, 2.05) is 6.07 Å². The van der Waals surface area contributed by atoms with Crippen LogP contribution in [0.4, 0.5) is 0 Å². The maximum Gasteiger partial charge on any atom is 0.240 e. The summed E-state index contributed by atoms with van der Waals surface area (Å²) in [6.45, 7) is 1.81. The van der Waals surface area contributed by atoms with E-state index < -0.39 is 15.6 Å². The molecular weight excluding hydrogens is 278 g/mol. The standard InChI is InChI=1S/C13H19N3O3S/c1-13(17,10-16(2)3)9-15-20(18,19)12-6-4-11(8-14)5-7-12/h4-7,15,17H,9-10H2,1-3H3. The van der Waals surface area contributed by atoms with Crippen LogP contribution in [0.25, 0.3) is 0 Å². The highest BCUT2D eigenvalue weighted by Gasteiger charge is 2.24. The Balaban J connectivity index is 2.77. The molecule has 1 aromatic rings. The first-order valence-electron chi connectivity index (χ1n) is 6.03. The van der Waals surface area contributed by atoms with E-state index in [1.54, 1.807) is 25.9 Å². The molecule has 6 nitrogen and oxygen atoms in total. The molecule has 1 rings (SSSR count). The lowest BCUT2D eigenvalue weighted by atomic mass is 10.1. The third-order valence-electron chi connectivity index (χ3n) is 2.59. The van der Waals surface area contributed by atoms with Crippen LogP contribution in [0.3, 0.4) is 0 Å². The first-order chi connectivity index (χ1) is 9.16. The lowest BCUT2D eigenvalue weighted by Gasteiger charge is -2.27. The highest BCUT2D eigenvalue weighted by Crippen LogP contribution is 2.11. The second kappa shape index (κ2) is 6.33. The summed E-state index contributed by atoms with van der Waals surface area (Å²) >= 11 is 0. The lowest BCUT2D eigenvalue weighted by Crippen LogP contribution is -2.47. The van der Waals surface area contributed by atoms with Crippen LogP contribution in [-0.4, -0.2) is 51.2 Å². The maximum absolute atomic E-state index is 12.0. The van der Waals surface area contributed by atoms with Gasteiger partial charge in [0.1, 0.15) is 0 Å². The fraction of sp³-hybridized carbons (Fsp3) is 0.462. The molecule has 0 bridgehead atoms. The van der Waals surface area contributed by atoms with E-state index in [9.17, 15) is 13.5 Å². The number of rotatable bonds is 6. The van der Waals surface area contributed by atoms with Crippen LogP contribution in [0, 0.1) is 11.3 Å². The second-order valence-electron chi connectivity index (χ2n) is 5.20. The number of likely N-dealkylation sites (N-methyl/N-ethyl adjacent to an activating group) is 1. The van der Waals surface area contributed by atoms with Gasteiger partial charge in [0.25, 0.3) is 0 Å². The van der Waals surface area contributed by atoms with Crippen molar-refractivity contribution in [2.24, 2.45) is 0 Å². The molecule has 0 fully saturated rings. The van der Waals surface area contributed by atoms with Crippen LogP contribution >= 0.6 is 0 Å². The Labute approximate surface area is 119 Å². The third-order valence-corrected chi connectivity index (χ3v) is 4.01. The zero-order valence-electron chi connectivity index (χ0n) is 11.8. The van der Waals surface area contributed by atoms with Crippen molar-refractivity contribution in [1.29, 1.82) is 5.26 Å². The predicted molar refractivity (Wildman–Crippen MR) is 75.5 cm³/mol. The van der Waals surface area contributed by atoms with Crippen molar-refractivity contribution in [3.8, 4) is 6.07 Å². The van der Waals surface area contributed by atoms with Crippen LogP contribution in [0.15, 0.2) is 29.2 Å². The van der Waals surface area contributed by atoms with Crippen LogP contribution in [0.2, 0.25) is 0 Å². The van der Waals surface area contributed by atoms with Gasteiger partial charge in [-0.15, -0.1) is 0 Å². The summed E-state index contributed by atoms with van der Waals surface area (Å²) in [5, 5.41) is 18.7. The number of nitrogens with one attached hydrogen (secondary N) is 1. The lowest BCUT2D eigenvalue weighted by molar-refractivity contribution is 0.0386. The van der Waals surface area contributed by atoms with Gasteiger partial charge in [0, 0.05) is 13.1 Å². The molecule has 110 valence electrons. The molecular formula is C13H19N3O3S. The van der Waals surface area contributed by atoms with E-state index >= 15 is 0 Å². The Morgan fingerprint density at radius 3 is 2.35 bits per heavy atom. The fourth-order valence-electron chi connectivity index (χ4n) is 1.78. The molecule has 20 heavy (non-hydrogen) atoms. The molecule has 0 saturated heterocycles. The van der Waals surface area contributed by atoms with Crippen LogP contribution < -0.4 is 4.72 Å². The van der Waals surface area contributed by atoms with Gasteiger partial charge in [-0.1, -0.05) is 0 Å². The quantitative estimate of drug-likeness (QED) is 0.779. The average Bonchev–Trinajstić information content (AvgIpc) is 2.35. The first-order valence-corrected chi connectivity index (χ1v) is 7.51. The molecule has 0 aliphatic carbocycles. The molecule has 0 spiro atoms. The summed E-state index contributed by atoms with van der Waals surface area (Å²) in [6.07, 6.45) is 0. The van der Waals surface area contributed by atoms with Gasteiger partial charge in [-0.3, -0.25) is 0 Å². The van der Waals surface area contributed by atoms with Gasteiger partial charge in [-0.2, -0.15) is 5.26 Å². The number of aliphatic hydroxyl groups is 1. The van der Waals surface area contributed by atoms with Crippen molar-refractivity contribution >= 4 is 10.0 Å². The van der Waals surface area contributed by atoms with Gasteiger partial charge < -0.3 is 10.0 Å². The summed E-state index contributed by atoms with van der Waals surface area (Å²) in [5.74, 6) is 0. The van der Waals surface area contributed by atoms with E-state index in [0.717, 1.165) is 0 Å². The molecule has 1 unspecified atom stereocenters. The Morgan fingerprint density at radius 2 is 1.90 bits per heavy atom. The van der Waals surface area contributed by atoms with Crippen molar-refractivity contribution in [3.63, 3.8) is 0 Å². The van der Waals surface area contributed by atoms with Gasteiger partial charge in [0.15, 0.2) is 0 Å². The predicted octanol–water partition coefficient (Wildman–Crippen LogP) is 0.149.